The maximum atomic E-state index is 11.5. The van der Waals surface area contributed by atoms with Gasteiger partial charge in [-0.1, -0.05) is 17.8 Å². The van der Waals surface area contributed by atoms with Gasteiger partial charge in [0.1, 0.15) is 0 Å². The minimum absolute atomic E-state index is 0.275. The van der Waals surface area contributed by atoms with Crippen LogP contribution in [0.25, 0.3) is 0 Å². The van der Waals surface area contributed by atoms with Crippen LogP contribution >= 0.6 is 11.8 Å². The molecule has 1 amide bonds. The van der Waals surface area contributed by atoms with Gasteiger partial charge in [-0.15, -0.1) is 5.10 Å². The van der Waals surface area contributed by atoms with Crippen LogP contribution in [-0.4, -0.2) is 33.0 Å². The number of carboxylic acids is 1. The molecule has 0 radical (unpaired) electrons. The van der Waals surface area contributed by atoms with Crippen LogP contribution in [0.1, 0.15) is 19.0 Å². The third-order valence-electron chi connectivity index (χ3n) is 2.45. The highest BCUT2D eigenvalue weighted by atomic mass is 32.2. The first-order chi connectivity index (χ1) is 9.56. The van der Waals surface area contributed by atoms with Gasteiger partial charge in [0.15, 0.2) is 5.17 Å². The molecule has 104 valence electrons. The van der Waals surface area contributed by atoms with Crippen LogP contribution in [-0.2, 0) is 9.59 Å². The molecule has 0 unspecified atom stereocenters. The normalized spacial score (nSPS) is 21.1. The Labute approximate surface area is 119 Å². The van der Waals surface area contributed by atoms with Gasteiger partial charge in [0.25, 0.3) is 0 Å². The third-order valence-corrected chi connectivity index (χ3v) is 3.53. The first-order valence-electron chi connectivity index (χ1n) is 5.77. The molecule has 2 rings (SSSR count). The van der Waals surface area contributed by atoms with Crippen molar-refractivity contribution in [1.29, 1.82) is 0 Å². The molecule has 1 N–H and O–H groups in total. The summed E-state index contributed by atoms with van der Waals surface area (Å²) in [5, 5.41) is 20.4. The van der Waals surface area contributed by atoms with Crippen LogP contribution in [0, 0.1) is 0 Å². The number of nitrogens with one attached hydrogen (secondary N) is 1. The topological polar surface area (TPSA) is 107 Å². The molecule has 2 heterocycles. The van der Waals surface area contributed by atoms with Crippen molar-refractivity contribution in [3.05, 3.63) is 30.1 Å². The lowest BCUT2D eigenvalue weighted by Gasteiger charge is -2.04. The minimum atomic E-state index is -1.27. The molecule has 1 aromatic rings. The van der Waals surface area contributed by atoms with E-state index in [4.69, 9.17) is 0 Å². The fraction of sp³-hybridized carbons (Fsp3) is 0.250. The number of hydrogen-bond acceptors (Lipinski definition) is 7. The number of carbonyl (C=O) groups is 2. The molecule has 0 aromatic carbocycles. The molecule has 0 aliphatic carbocycles. The van der Waals surface area contributed by atoms with Gasteiger partial charge in [-0.25, -0.2) is 0 Å². The Bertz CT molecular complexity index is 586. The largest absolute Gasteiger partial charge is 0.550 e. The van der Waals surface area contributed by atoms with Crippen molar-refractivity contribution in [2.45, 2.75) is 18.6 Å². The van der Waals surface area contributed by atoms with E-state index in [0.29, 0.717) is 11.4 Å². The summed E-state index contributed by atoms with van der Waals surface area (Å²) in [6, 6.07) is 5.41. The number of hydrogen-bond donors (Lipinski definition) is 1. The van der Waals surface area contributed by atoms with Gasteiger partial charge < -0.3 is 15.2 Å². The molecular formula is C12H11N4O3S-. The predicted octanol–water partition coefficient (Wildman–Crippen LogP) is -0.467. The highest BCUT2D eigenvalue weighted by Crippen LogP contribution is 2.22. The van der Waals surface area contributed by atoms with E-state index in [1.165, 1.54) is 0 Å². The van der Waals surface area contributed by atoms with Gasteiger partial charge in [0, 0.05) is 18.6 Å². The van der Waals surface area contributed by atoms with Crippen LogP contribution in [0.2, 0.25) is 0 Å². The number of nitrogens with zero attached hydrogens (tertiary/aromatic N) is 3. The molecule has 0 bridgehead atoms. The average Bonchev–Trinajstić information content (AvgIpc) is 2.77. The molecule has 1 fully saturated rings. The second-order valence-corrected chi connectivity index (χ2v) is 5.17. The number of pyridine rings is 1. The smallest absolute Gasteiger partial charge is 0.239 e. The summed E-state index contributed by atoms with van der Waals surface area (Å²) >= 11 is 1.03. The summed E-state index contributed by atoms with van der Waals surface area (Å²) in [6.07, 6.45) is 1.29. The number of aliphatic carboxylic acids is 1. The first-order valence-corrected chi connectivity index (χ1v) is 6.65. The molecule has 1 saturated heterocycles. The molecule has 0 saturated carbocycles. The standard InChI is InChI=1S/C12H12N4O3S/c1-7(8-4-2-3-5-13-8)15-16-12-14-11(19)9(20-12)6-10(17)18/h2-5,9H,6H2,1H3,(H,17,18)(H,14,16,19)/p-1/b15-7-/t9-/m0/s1. The number of aromatic nitrogens is 1. The van der Waals surface area contributed by atoms with Gasteiger partial charge in [-0.3, -0.25) is 9.78 Å². The van der Waals surface area contributed by atoms with Gasteiger partial charge in [0.2, 0.25) is 5.91 Å². The summed E-state index contributed by atoms with van der Waals surface area (Å²) in [5.74, 6) is -1.67. The zero-order chi connectivity index (χ0) is 14.5. The summed E-state index contributed by atoms with van der Waals surface area (Å²) in [4.78, 5) is 26.1. The summed E-state index contributed by atoms with van der Waals surface area (Å²) < 4.78 is 0. The third kappa shape index (κ3) is 3.64. The number of amides is 1. The molecule has 7 nitrogen and oxygen atoms in total. The monoisotopic (exact) mass is 291 g/mol. The van der Waals surface area contributed by atoms with Crippen LogP contribution < -0.4 is 10.4 Å². The molecule has 1 aliphatic rings. The van der Waals surface area contributed by atoms with Gasteiger partial charge in [0.05, 0.1) is 16.7 Å². The van der Waals surface area contributed by atoms with E-state index in [9.17, 15) is 14.7 Å². The van der Waals surface area contributed by atoms with Gasteiger partial charge in [-0.2, -0.15) is 5.10 Å². The minimum Gasteiger partial charge on any atom is -0.550 e. The summed E-state index contributed by atoms with van der Waals surface area (Å²) in [6.45, 7) is 1.74. The lowest BCUT2D eigenvalue weighted by Crippen LogP contribution is -2.31. The summed E-state index contributed by atoms with van der Waals surface area (Å²) in [5.41, 5.74) is 1.27. The van der Waals surface area contributed by atoms with E-state index in [1.807, 2.05) is 6.07 Å². The van der Waals surface area contributed by atoms with E-state index in [1.54, 1.807) is 25.3 Å². The number of amidine groups is 1. The Morgan fingerprint density at radius 3 is 3.00 bits per heavy atom. The van der Waals surface area contributed by atoms with Crippen LogP contribution in [0.4, 0.5) is 0 Å². The Morgan fingerprint density at radius 2 is 2.35 bits per heavy atom. The van der Waals surface area contributed by atoms with Crippen molar-refractivity contribution in [3.63, 3.8) is 0 Å². The Kier molecular flexibility index (Phi) is 4.46. The van der Waals surface area contributed by atoms with Crippen molar-refractivity contribution >= 4 is 34.5 Å². The van der Waals surface area contributed by atoms with Crippen molar-refractivity contribution in [2.24, 2.45) is 10.2 Å². The number of carbonyl (C=O) groups excluding carboxylic acids is 2. The second-order valence-electron chi connectivity index (χ2n) is 3.98. The zero-order valence-corrected chi connectivity index (χ0v) is 11.4. The first kappa shape index (κ1) is 14.2. The molecular weight excluding hydrogens is 280 g/mol. The molecule has 0 spiro atoms. The highest BCUT2D eigenvalue weighted by Gasteiger charge is 2.30. The van der Waals surface area contributed by atoms with E-state index in [0.717, 1.165) is 11.8 Å². The predicted molar refractivity (Wildman–Crippen MR) is 73.0 cm³/mol. The van der Waals surface area contributed by atoms with Gasteiger partial charge in [-0.05, 0) is 19.1 Å². The van der Waals surface area contributed by atoms with Crippen molar-refractivity contribution in [3.8, 4) is 0 Å². The van der Waals surface area contributed by atoms with Crippen LogP contribution in [0.3, 0.4) is 0 Å². The van der Waals surface area contributed by atoms with E-state index in [2.05, 4.69) is 20.5 Å². The zero-order valence-electron chi connectivity index (χ0n) is 10.6. The molecule has 8 heteroatoms. The maximum absolute atomic E-state index is 11.5. The fourth-order valence-corrected chi connectivity index (χ4v) is 2.39. The molecule has 1 atom stereocenters. The SMILES string of the molecule is C/C(=N/N=C1/NC(=O)[C@H](CC(=O)[O-])S1)c1ccccn1. The molecule has 1 aromatic heterocycles. The van der Waals surface area contributed by atoms with Crippen LogP contribution in [0.15, 0.2) is 34.6 Å². The number of thioether (sulfide) groups is 1. The lowest BCUT2D eigenvalue weighted by atomic mass is 10.3. The van der Waals surface area contributed by atoms with Crippen molar-refractivity contribution < 1.29 is 14.7 Å². The average molecular weight is 291 g/mol. The van der Waals surface area contributed by atoms with Crippen LogP contribution in [0.5, 0.6) is 0 Å². The van der Waals surface area contributed by atoms with E-state index >= 15 is 0 Å². The number of rotatable bonds is 4. The number of carboxylic acid groups (broad SMARTS) is 1. The second kappa shape index (κ2) is 6.29. The molecule has 1 aliphatic heterocycles. The maximum Gasteiger partial charge on any atom is 0.239 e. The lowest BCUT2D eigenvalue weighted by molar-refractivity contribution is -0.305. The Balaban J connectivity index is 2.06. The summed E-state index contributed by atoms with van der Waals surface area (Å²) in [7, 11) is 0. The fourth-order valence-electron chi connectivity index (χ4n) is 1.49. The quantitative estimate of drug-likeness (QED) is 0.596. The van der Waals surface area contributed by atoms with E-state index in [-0.39, 0.29) is 11.6 Å². The van der Waals surface area contributed by atoms with Crippen molar-refractivity contribution in [1.82, 2.24) is 10.3 Å². The Morgan fingerprint density at radius 1 is 1.55 bits per heavy atom. The van der Waals surface area contributed by atoms with Gasteiger partial charge >= 0.3 is 0 Å². The Hall–Kier alpha value is -2.22. The molecule has 20 heavy (non-hydrogen) atoms. The van der Waals surface area contributed by atoms with Crippen molar-refractivity contribution in [2.75, 3.05) is 0 Å². The van der Waals surface area contributed by atoms with E-state index < -0.39 is 17.1 Å². The highest BCUT2D eigenvalue weighted by molar-refractivity contribution is 8.15.